The molecule has 7 nitrogen and oxygen atoms in total. The lowest BCUT2D eigenvalue weighted by molar-refractivity contribution is -0.382. The Kier molecular flexibility index (Phi) is 4.35. The van der Waals surface area contributed by atoms with Gasteiger partial charge in [-0.2, -0.15) is 0 Å². The van der Waals surface area contributed by atoms with Crippen LogP contribution in [0.1, 0.15) is 12.6 Å². The van der Waals surface area contributed by atoms with Crippen molar-refractivity contribution in [2.75, 3.05) is 32.7 Å². The quantitative estimate of drug-likeness (QED) is 0.624. The fraction of sp³-hybridized carbons (Fsp3) is 0.400. The fourth-order valence-corrected chi connectivity index (χ4v) is 2.36. The first-order valence-electron chi connectivity index (χ1n) is 6.86. The number of aryl methyl sites for hydroxylation is 1. The van der Waals surface area contributed by atoms with Crippen LogP contribution >= 0.6 is 0 Å². The van der Waals surface area contributed by atoms with Crippen molar-refractivity contribution in [1.82, 2.24) is 4.98 Å². The van der Waals surface area contributed by atoms with E-state index < -0.39 is 4.92 Å². The van der Waals surface area contributed by atoms with Crippen LogP contribution in [-0.4, -0.2) is 37.7 Å². The average Bonchev–Trinajstić information content (AvgIpc) is 2.52. The SMILES string of the molecule is CCN(C)c1nc(C)c2cc(OC)c(OC)cc2c1[N+](=O)[O-]. The molecule has 2 rings (SSSR count). The highest BCUT2D eigenvalue weighted by molar-refractivity contribution is 5.98. The largest absolute Gasteiger partial charge is 0.493 e. The van der Waals surface area contributed by atoms with Crippen molar-refractivity contribution in [3.8, 4) is 11.5 Å². The molecule has 0 fully saturated rings. The minimum atomic E-state index is -0.401. The van der Waals surface area contributed by atoms with E-state index in [1.54, 1.807) is 24.1 Å². The Hall–Kier alpha value is -2.57. The third-order valence-electron chi connectivity index (χ3n) is 3.67. The number of hydrogen-bond donors (Lipinski definition) is 0. The lowest BCUT2D eigenvalue weighted by Gasteiger charge is -2.18. The summed E-state index contributed by atoms with van der Waals surface area (Å²) in [4.78, 5) is 17.4. The standard InChI is InChI=1S/C15H19N3O4/c1-6-17(3)15-14(18(19)20)11-8-13(22-5)12(21-4)7-10(11)9(2)16-15/h7-8H,6H2,1-5H3. The Morgan fingerprint density at radius 1 is 1.23 bits per heavy atom. The smallest absolute Gasteiger partial charge is 0.319 e. The van der Waals surface area contributed by atoms with Crippen LogP contribution < -0.4 is 14.4 Å². The summed E-state index contributed by atoms with van der Waals surface area (Å²) in [5.74, 6) is 1.32. The monoisotopic (exact) mass is 305 g/mol. The van der Waals surface area contributed by atoms with Gasteiger partial charge >= 0.3 is 5.69 Å². The zero-order valence-electron chi connectivity index (χ0n) is 13.3. The van der Waals surface area contributed by atoms with Gasteiger partial charge in [0.1, 0.15) is 0 Å². The van der Waals surface area contributed by atoms with Crippen molar-refractivity contribution in [1.29, 1.82) is 0 Å². The molecule has 0 spiro atoms. The molecule has 0 aliphatic rings. The maximum atomic E-state index is 11.6. The predicted octanol–water partition coefficient (Wildman–Crippen LogP) is 2.92. The molecular weight excluding hydrogens is 286 g/mol. The van der Waals surface area contributed by atoms with Crippen molar-refractivity contribution in [3.05, 3.63) is 27.9 Å². The van der Waals surface area contributed by atoms with E-state index >= 15 is 0 Å². The maximum Gasteiger partial charge on any atom is 0.319 e. The van der Waals surface area contributed by atoms with Gasteiger partial charge in [-0.05, 0) is 26.0 Å². The Labute approximate surface area is 128 Å². The Morgan fingerprint density at radius 2 is 1.77 bits per heavy atom. The Balaban J connectivity index is 2.92. The normalized spacial score (nSPS) is 10.6. The predicted molar refractivity (Wildman–Crippen MR) is 85.2 cm³/mol. The highest BCUT2D eigenvalue weighted by atomic mass is 16.6. The minimum Gasteiger partial charge on any atom is -0.493 e. The molecule has 0 aliphatic heterocycles. The van der Waals surface area contributed by atoms with E-state index in [2.05, 4.69) is 4.98 Å². The summed E-state index contributed by atoms with van der Waals surface area (Å²) < 4.78 is 10.5. The van der Waals surface area contributed by atoms with E-state index in [1.807, 2.05) is 13.8 Å². The number of methoxy groups -OCH3 is 2. The summed E-state index contributed by atoms with van der Waals surface area (Å²) in [6.07, 6.45) is 0. The lowest BCUT2D eigenvalue weighted by Crippen LogP contribution is -2.19. The summed E-state index contributed by atoms with van der Waals surface area (Å²) in [6, 6.07) is 3.35. The van der Waals surface area contributed by atoms with Gasteiger partial charge in [0.25, 0.3) is 0 Å². The van der Waals surface area contributed by atoms with Crippen LogP contribution in [-0.2, 0) is 0 Å². The molecule has 0 radical (unpaired) electrons. The minimum absolute atomic E-state index is 0.0223. The van der Waals surface area contributed by atoms with E-state index in [-0.39, 0.29) is 5.69 Å². The van der Waals surface area contributed by atoms with Crippen LogP contribution in [0.4, 0.5) is 11.5 Å². The number of nitro groups is 1. The number of anilines is 1. The number of rotatable bonds is 5. The van der Waals surface area contributed by atoms with Crippen LogP contribution in [0, 0.1) is 17.0 Å². The first kappa shape index (κ1) is 15.8. The van der Waals surface area contributed by atoms with Crippen molar-refractivity contribution < 1.29 is 14.4 Å². The third kappa shape index (κ3) is 2.49. The van der Waals surface area contributed by atoms with E-state index in [9.17, 15) is 10.1 Å². The molecule has 0 bridgehead atoms. The molecule has 0 unspecified atom stereocenters. The second kappa shape index (κ2) is 6.05. The Morgan fingerprint density at radius 3 is 2.23 bits per heavy atom. The van der Waals surface area contributed by atoms with Crippen molar-refractivity contribution in [2.24, 2.45) is 0 Å². The molecule has 0 N–H and O–H groups in total. The van der Waals surface area contributed by atoms with Gasteiger partial charge in [-0.25, -0.2) is 4.98 Å². The first-order valence-corrected chi connectivity index (χ1v) is 6.86. The van der Waals surface area contributed by atoms with Gasteiger partial charge < -0.3 is 14.4 Å². The number of fused-ring (bicyclic) bond motifs is 1. The van der Waals surface area contributed by atoms with Crippen LogP contribution in [0.2, 0.25) is 0 Å². The van der Waals surface area contributed by atoms with Crippen LogP contribution in [0.5, 0.6) is 11.5 Å². The van der Waals surface area contributed by atoms with E-state index in [0.29, 0.717) is 40.3 Å². The number of nitrogens with zero attached hydrogens (tertiary/aromatic N) is 3. The molecule has 1 aromatic heterocycles. The van der Waals surface area contributed by atoms with Crippen LogP contribution in [0.3, 0.4) is 0 Å². The Bertz CT molecular complexity index is 731. The van der Waals surface area contributed by atoms with Crippen LogP contribution in [0.25, 0.3) is 10.8 Å². The summed E-state index contributed by atoms with van der Waals surface area (Å²) in [5, 5.41) is 12.8. The maximum absolute atomic E-state index is 11.6. The van der Waals surface area contributed by atoms with Crippen molar-refractivity contribution in [3.63, 3.8) is 0 Å². The summed E-state index contributed by atoms with van der Waals surface area (Å²) in [5.41, 5.74) is 0.683. The van der Waals surface area contributed by atoms with Gasteiger partial charge in [-0.15, -0.1) is 0 Å². The number of benzene rings is 1. The molecule has 0 saturated heterocycles. The van der Waals surface area contributed by atoms with Gasteiger partial charge in [0, 0.05) is 24.7 Å². The van der Waals surface area contributed by atoms with Crippen molar-refractivity contribution in [2.45, 2.75) is 13.8 Å². The van der Waals surface area contributed by atoms with Crippen molar-refractivity contribution >= 4 is 22.3 Å². The molecule has 7 heteroatoms. The third-order valence-corrected chi connectivity index (χ3v) is 3.67. The van der Waals surface area contributed by atoms with E-state index in [0.717, 1.165) is 0 Å². The second-order valence-electron chi connectivity index (χ2n) is 4.89. The number of hydrogen-bond acceptors (Lipinski definition) is 6. The molecule has 2 aromatic rings. The molecule has 0 amide bonds. The van der Waals surface area contributed by atoms with E-state index in [1.165, 1.54) is 14.2 Å². The number of aromatic nitrogens is 1. The second-order valence-corrected chi connectivity index (χ2v) is 4.89. The molecule has 1 aromatic carbocycles. The number of pyridine rings is 1. The molecule has 0 atom stereocenters. The number of ether oxygens (including phenoxy) is 2. The van der Waals surface area contributed by atoms with E-state index in [4.69, 9.17) is 9.47 Å². The fourth-order valence-electron chi connectivity index (χ4n) is 2.36. The molecule has 1 heterocycles. The summed E-state index contributed by atoms with van der Waals surface area (Å²) in [6.45, 7) is 4.36. The topological polar surface area (TPSA) is 77.7 Å². The van der Waals surface area contributed by atoms with Gasteiger partial charge in [-0.3, -0.25) is 10.1 Å². The first-order chi connectivity index (χ1) is 10.4. The van der Waals surface area contributed by atoms with Gasteiger partial charge in [0.15, 0.2) is 11.5 Å². The van der Waals surface area contributed by atoms with Gasteiger partial charge in [0.2, 0.25) is 5.82 Å². The summed E-state index contributed by atoms with van der Waals surface area (Å²) >= 11 is 0. The summed E-state index contributed by atoms with van der Waals surface area (Å²) in [7, 11) is 4.81. The van der Waals surface area contributed by atoms with Crippen LogP contribution in [0.15, 0.2) is 12.1 Å². The highest BCUT2D eigenvalue weighted by Crippen LogP contribution is 2.40. The average molecular weight is 305 g/mol. The molecule has 0 aliphatic carbocycles. The molecular formula is C15H19N3O4. The zero-order chi connectivity index (χ0) is 16.4. The molecule has 22 heavy (non-hydrogen) atoms. The molecule has 0 saturated carbocycles. The highest BCUT2D eigenvalue weighted by Gasteiger charge is 2.25. The molecule has 118 valence electrons. The van der Waals surface area contributed by atoms with Gasteiger partial charge in [0.05, 0.1) is 24.5 Å². The van der Waals surface area contributed by atoms with Gasteiger partial charge in [-0.1, -0.05) is 0 Å². The lowest BCUT2D eigenvalue weighted by atomic mass is 10.1. The zero-order valence-corrected chi connectivity index (χ0v) is 13.3.